The minimum absolute atomic E-state index is 0.0207. The van der Waals surface area contributed by atoms with E-state index in [1.165, 1.54) is 6.07 Å². The predicted molar refractivity (Wildman–Crippen MR) is 67.5 cm³/mol. The summed E-state index contributed by atoms with van der Waals surface area (Å²) in [6, 6.07) is 3.36. The van der Waals surface area contributed by atoms with Crippen molar-refractivity contribution in [3.63, 3.8) is 0 Å². The molecule has 0 aliphatic rings. The highest BCUT2D eigenvalue weighted by molar-refractivity contribution is 7.92. The summed E-state index contributed by atoms with van der Waals surface area (Å²) in [5.74, 6) is -0.712. The smallest absolute Gasteiger partial charge is 0.338 e. The highest BCUT2D eigenvalue weighted by Crippen LogP contribution is 2.26. The number of carbonyl (C=O) groups excluding carboxylic acids is 1. The molecular formula is C10H12N2O6S. The van der Waals surface area contributed by atoms with E-state index in [4.69, 9.17) is 4.74 Å². The fourth-order valence-electron chi connectivity index (χ4n) is 1.31. The molecule has 1 aromatic rings. The van der Waals surface area contributed by atoms with Crippen LogP contribution in [0.4, 0.5) is 11.4 Å². The highest BCUT2D eigenvalue weighted by atomic mass is 32.2. The first-order chi connectivity index (χ1) is 8.74. The molecule has 19 heavy (non-hydrogen) atoms. The number of benzene rings is 1. The van der Waals surface area contributed by atoms with Gasteiger partial charge >= 0.3 is 5.97 Å². The van der Waals surface area contributed by atoms with Crippen LogP contribution < -0.4 is 4.72 Å². The van der Waals surface area contributed by atoms with Gasteiger partial charge in [-0.3, -0.25) is 14.8 Å². The van der Waals surface area contributed by atoms with Crippen molar-refractivity contribution >= 4 is 27.4 Å². The van der Waals surface area contributed by atoms with Gasteiger partial charge in [0.25, 0.3) is 5.69 Å². The summed E-state index contributed by atoms with van der Waals surface area (Å²) in [7, 11) is -3.65. The maximum Gasteiger partial charge on any atom is 0.338 e. The number of hydrogen-bond donors (Lipinski definition) is 1. The average molecular weight is 288 g/mol. The fraction of sp³-hybridized carbons (Fsp3) is 0.300. The molecule has 104 valence electrons. The number of anilines is 1. The van der Waals surface area contributed by atoms with Gasteiger partial charge in [0.05, 0.1) is 23.3 Å². The maximum atomic E-state index is 11.4. The molecule has 0 radical (unpaired) electrons. The lowest BCUT2D eigenvalue weighted by molar-refractivity contribution is -0.383. The second-order valence-corrected chi connectivity index (χ2v) is 5.33. The second kappa shape index (κ2) is 5.65. The zero-order valence-electron chi connectivity index (χ0n) is 10.2. The van der Waals surface area contributed by atoms with Gasteiger partial charge in [-0.05, 0) is 19.1 Å². The summed E-state index contributed by atoms with van der Waals surface area (Å²) in [4.78, 5) is 21.5. The molecule has 1 rings (SSSR count). The van der Waals surface area contributed by atoms with Crippen molar-refractivity contribution < 1.29 is 22.9 Å². The van der Waals surface area contributed by atoms with Gasteiger partial charge in [0.2, 0.25) is 10.0 Å². The van der Waals surface area contributed by atoms with E-state index in [9.17, 15) is 23.3 Å². The first kappa shape index (κ1) is 14.9. The van der Waals surface area contributed by atoms with Crippen LogP contribution >= 0.6 is 0 Å². The summed E-state index contributed by atoms with van der Waals surface area (Å²) in [5, 5.41) is 10.9. The van der Waals surface area contributed by atoms with E-state index in [1.54, 1.807) is 6.92 Å². The summed E-state index contributed by atoms with van der Waals surface area (Å²) in [5.41, 5.74) is -0.746. The number of nitrogens with zero attached hydrogens (tertiary/aromatic N) is 1. The highest BCUT2D eigenvalue weighted by Gasteiger charge is 2.20. The van der Waals surface area contributed by atoms with E-state index in [1.807, 2.05) is 4.72 Å². The summed E-state index contributed by atoms with van der Waals surface area (Å²) < 4.78 is 28.9. The number of esters is 1. The van der Waals surface area contributed by atoms with Crippen LogP contribution in [0.5, 0.6) is 0 Å². The number of sulfonamides is 1. The number of nitro benzene ring substituents is 1. The Labute approximate surface area is 109 Å². The van der Waals surface area contributed by atoms with E-state index < -0.39 is 26.6 Å². The Balaban J connectivity index is 3.22. The van der Waals surface area contributed by atoms with E-state index in [0.29, 0.717) is 0 Å². The third-order valence-corrected chi connectivity index (χ3v) is 2.59. The van der Waals surface area contributed by atoms with Crippen LogP contribution in [-0.2, 0) is 14.8 Å². The average Bonchev–Trinajstić information content (AvgIpc) is 2.27. The van der Waals surface area contributed by atoms with Crippen LogP contribution in [0.15, 0.2) is 18.2 Å². The van der Waals surface area contributed by atoms with Crippen molar-refractivity contribution in [2.24, 2.45) is 0 Å². The Morgan fingerprint density at radius 1 is 1.47 bits per heavy atom. The number of ether oxygens (including phenoxy) is 1. The van der Waals surface area contributed by atoms with Crippen molar-refractivity contribution in [3.05, 3.63) is 33.9 Å². The topological polar surface area (TPSA) is 116 Å². The van der Waals surface area contributed by atoms with Crippen LogP contribution in [0.2, 0.25) is 0 Å². The molecule has 0 heterocycles. The minimum atomic E-state index is -3.65. The van der Waals surface area contributed by atoms with Gasteiger partial charge in [-0.25, -0.2) is 13.2 Å². The SMILES string of the molecule is CCOC(=O)c1ccc(NS(C)(=O)=O)c([N+](=O)[O-])c1. The molecule has 0 aliphatic carbocycles. The quantitative estimate of drug-likeness (QED) is 0.493. The number of rotatable bonds is 5. The van der Waals surface area contributed by atoms with Crippen molar-refractivity contribution in [2.45, 2.75) is 6.92 Å². The molecule has 0 aromatic heterocycles. The standard InChI is InChI=1S/C10H12N2O6S/c1-3-18-10(13)7-4-5-8(11-19(2,16)17)9(6-7)12(14)15/h4-6,11H,3H2,1-2H3. The maximum absolute atomic E-state index is 11.4. The molecule has 0 atom stereocenters. The Morgan fingerprint density at radius 3 is 2.58 bits per heavy atom. The number of hydrogen-bond acceptors (Lipinski definition) is 6. The molecular weight excluding hydrogens is 276 g/mol. The lowest BCUT2D eigenvalue weighted by atomic mass is 10.2. The van der Waals surface area contributed by atoms with E-state index in [-0.39, 0.29) is 17.9 Å². The fourth-order valence-corrected chi connectivity index (χ4v) is 1.88. The molecule has 1 aromatic carbocycles. The first-order valence-corrected chi connectivity index (χ1v) is 7.07. The van der Waals surface area contributed by atoms with Crippen LogP contribution in [0, 0.1) is 10.1 Å². The van der Waals surface area contributed by atoms with Gasteiger partial charge in [-0.2, -0.15) is 0 Å². The summed E-state index contributed by atoms with van der Waals surface area (Å²) in [6.45, 7) is 1.74. The molecule has 9 heteroatoms. The Bertz CT molecular complexity index is 610. The van der Waals surface area contributed by atoms with Crippen molar-refractivity contribution in [1.82, 2.24) is 0 Å². The Morgan fingerprint density at radius 2 is 2.11 bits per heavy atom. The molecule has 0 saturated carbocycles. The van der Waals surface area contributed by atoms with Crippen molar-refractivity contribution in [3.8, 4) is 0 Å². The van der Waals surface area contributed by atoms with Crippen LogP contribution in [-0.4, -0.2) is 32.2 Å². The molecule has 8 nitrogen and oxygen atoms in total. The third-order valence-electron chi connectivity index (χ3n) is 2.00. The monoisotopic (exact) mass is 288 g/mol. The Kier molecular flexibility index (Phi) is 4.43. The zero-order valence-corrected chi connectivity index (χ0v) is 11.1. The van der Waals surface area contributed by atoms with Gasteiger partial charge in [0, 0.05) is 6.07 Å². The summed E-state index contributed by atoms with van der Waals surface area (Å²) in [6.07, 6.45) is 0.871. The molecule has 0 bridgehead atoms. The van der Waals surface area contributed by atoms with Gasteiger partial charge in [0.15, 0.2) is 0 Å². The number of carbonyl (C=O) groups is 1. The lowest BCUT2D eigenvalue weighted by Gasteiger charge is -2.06. The molecule has 1 N–H and O–H groups in total. The zero-order chi connectivity index (χ0) is 14.6. The third kappa shape index (κ3) is 4.21. The van der Waals surface area contributed by atoms with E-state index in [2.05, 4.69) is 0 Å². The van der Waals surface area contributed by atoms with Gasteiger partial charge in [-0.15, -0.1) is 0 Å². The van der Waals surface area contributed by atoms with Crippen molar-refractivity contribution in [2.75, 3.05) is 17.6 Å². The Hall–Kier alpha value is -2.16. The normalized spacial score (nSPS) is 10.8. The number of nitrogens with one attached hydrogen (secondary N) is 1. The molecule has 0 amide bonds. The minimum Gasteiger partial charge on any atom is -0.462 e. The first-order valence-electron chi connectivity index (χ1n) is 5.18. The molecule has 0 aliphatic heterocycles. The van der Waals surface area contributed by atoms with Crippen LogP contribution in [0.1, 0.15) is 17.3 Å². The van der Waals surface area contributed by atoms with Gasteiger partial charge in [0.1, 0.15) is 5.69 Å². The van der Waals surface area contributed by atoms with Gasteiger partial charge in [-0.1, -0.05) is 0 Å². The summed E-state index contributed by atoms with van der Waals surface area (Å²) >= 11 is 0. The molecule has 0 fully saturated rings. The van der Waals surface area contributed by atoms with Crippen molar-refractivity contribution in [1.29, 1.82) is 0 Å². The molecule has 0 unspecified atom stereocenters. The van der Waals surface area contributed by atoms with Crippen LogP contribution in [0.3, 0.4) is 0 Å². The van der Waals surface area contributed by atoms with E-state index >= 15 is 0 Å². The van der Waals surface area contributed by atoms with E-state index in [0.717, 1.165) is 18.4 Å². The van der Waals surface area contributed by atoms with Gasteiger partial charge < -0.3 is 4.74 Å². The molecule has 0 saturated heterocycles. The van der Waals surface area contributed by atoms with Crippen LogP contribution in [0.25, 0.3) is 0 Å². The number of nitro groups is 1. The molecule has 0 spiro atoms. The predicted octanol–water partition coefficient (Wildman–Crippen LogP) is 1.14. The second-order valence-electron chi connectivity index (χ2n) is 3.58. The largest absolute Gasteiger partial charge is 0.462 e. The lowest BCUT2D eigenvalue weighted by Crippen LogP contribution is -2.12.